The molecule has 0 saturated carbocycles. The normalized spacial score (nSPS) is 18.1. The molecule has 1 aromatic heterocycles. The minimum absolute atomic E-state index is 0.0583. The van der Waals surface area contributed by atoms with E-state index < -0.39 is 29.6 Å². The molecule has 0 aliphatic carbocycles. The molecule has 3 amide bonds. The number of hydrogen-bond donors (Lipinski definition) is 1. The summed E-state index contributed by atoms with van der Waals surface area (Å²) in [6.45, 7) is 0.499. The van der Waals surface area contributed by atoms with Crippen molar-refractivity contribution in [3.05, 3.63) is 76.0 Å². The van der Waals surface area contributed by atoms with Gasteiger partial charge in [-0.15, -0.1) is 11.3 Å². The van der Waals surface area contributed by atoms with E-state index in [1.807, 2.05) is 0 Å². The van der Waals surface area contributed by atoms with Crippen molar-refractivity contribution in [2.45, 2.75) is 12.2 Å². The summed E-state index contributed by atoms with van der Waals surface area (Å²) in [5.41, 5.74) is 0.438. The lowest BCUT2D eigenvalue weighted by molar-refractivity contribution is -0.137. The van der Waals surface area contributed by atoms with Gasteiger partial charge in [0.1, 0.15) is 6.04 Å². The lowest BCUT2D eigenvalue weighted by Crippen LogP contribution is -2.59. The number of carbonyl (C=O) groups excluding carboxylic acids is 3. The number of hydrogen-bond acceptors (Lipinski definition) is 4. The third kappa shape index (κ3) is 3.94. The van der Waals surface area contributed by atoms with E-state index in [9.17, 15) is 27.6 Å². The maximum atomic E-state index is 13.4. The van der Waals surface area contributed by atoms with Gasteiger partial charge in [-0.3, -0.25) is 14.4 Å². The smallest absolute Gasteiger partial charge is 0.334 e. The molecule has 1 atom stereocenters. The molecule has 1 fully saturated rings. The van der Waals surface area contributed by atoms with E-state index in [0.717, 1.165) is 12.1 Å². The standard InChI is InChI=1S/C24H18F3N3O3S/c25-24(26,27)16-4-1-3-14(11-16)15-6-7-18-17(12-15)22(32)30-9-8-29(13-19(30)21(31)28-18)23(33)20-5-2-10-34-20/h1-7,10-12,19H,8-9,13H2,(H,28,31)/t19-/m1/s1. The monoisotopic (exact) mass is 485 g/mol. The van der Waals surface area contributed by atoms with Crippen molar-refractivity contribution in [2.24, 2.45) is 0 Å². The van der Waals surface area contributed by atoms with Crippen LogP contribution < -0.4 is 5.32 Å². The number of halogens is 3. The van der Waals surface area contributed by atoms with Crippen molar-refractivity contribution in [2.75, 3.05) is 25.0 Å². The SMILES string of the molecule is O=C1Nc2ccc(-c3cccc(C(F)(F)F)c3)cc2C(=O)N2CCN(C(=O)c3cccs3)C[C@H]12. The Morgan fingerprint density at radius 1 is 1.00 bits per heavy atom. The highest BCUT2D eigenvalue weighted by molar-refractivity contribution is 7.12. The van der Waals surface area contributed by atoms with Crippen LogP contribution in [0.15, 0.2) is 60.0 Å². The largest absolute Gasteiger partial charge is 0.416 e. The van der Waals surface area contributed by atoms with E-state index in [0.29, 0.717) is 16.0 Å². The molecule has 2 aliphatic rings. The summed E-state index contributed by atoms with van der Waals surface area (Å²) >= 11 is 1.31. The summed E-state index contributed by atoms with van der Waals surface area (Å²) in [5.74, 6) is -1.01. The molecule has 34 heavy (non-hydrogen) atoms. The van der Waals surface area contributed by atoms with Crippen molar-refractivity contribution >= 4 is 34.7 Å². The number of nitrogens with one attached hydrogen (secondary N) is 1. The summed E-state index contributed by atoms with van der Waals surface area (Å²) in [4.78, 5) is 42.6. The Hall–Kier alpha value is -3.66. The summed E-state index contributed by atoms with van der Waals surface area (Å²) in [7, 11) is 0. The topological polar surface area (TPSA) is 69.7 Å². The molecule has 0 bridgehead atoms. The van der Waals surface area contributed by atoms with Gasteiger partial charge in [0, 0.05) is 13.1 Å². The average molecular weight is 485 g/mol. The number of rotatable bonds is 2. The van der Waals surface area contributed by atoms with Gasteiger partial charge >= 0.3 is 6.18 Å². The second-order valence-corrected chi connectivity index (χ2v) is 9.02. The molecule has 174 valence electrons. The molecule has 0 unspecified atom stereocenters. The van der Waals surface area contributed by atoms with Crippen LogP contribution >= 0.6 is 11.3 Å². The number of benzene rings is 2. The van der Waals surface area contributed by atoms with Gasteiger partial charge in [0.15, 0.2) is 0 Å². The third-order valence-electron chi connectivity index (χ3n) is 5.99. The van der Waals surface area contributed by atoms with E-state index in [-0.39, 0.29) is 36.8 Å². The Morgan fingerprint density at radius 2 is 1.79 bits per heavy atom. The molecule has 10 heteroatoms. The van der Waals surface area contributed by atoms with Crippen LogP contribution in [-0.4, -0.2) is 53.2 Å². The van der Waals surface area contributed by atoms with Crippen LogP contribution in [0.1, 0.15) is 25.6 Å². The quantitative estimate of drug-likeness (QED) is 0.587. The molecule has 1 saturated heterocycles. The van der Waals surface area contributed by atoms with E-state index in [4.69, 9.17) is 0 Å². The zero-order chi connectivity index (χ0) is 24.0. The maximum Gasteiger partial charge on any atom is 0.416 e. The van der Waals surface area contributed by atoms with Crippen LogP contribution in [0, 0.1) is 0 Å². The molecule has 2 aromatic carbocycles. The number of nitrogens with zero attached hydrogens (tertiary/aromatic N) is 2. The van der Waals surface area contributed by atoms with Crippen molar-refractivity contribution in [3.8, 4) is 11.1 Å². The molecule has 0 radical (unpaired) electrons. The van der Waals surface area contributed by atoms with Crippen molar-refractivity contribution in [1.29, 1.82) is 0 Å². The Labute approximate surface area is 196 Å². The lowest BCUT2D eigenvalue weighted by atomic mass is 9.99. The number of amides is 3. The lowest BCUT2D eigenvalue weighted by Gasteiger charge is -2.39. The first-order valence-corrected chi connectivity index (χ1v) is 11.4. The molecular weight excluding hydrogens is 467 g/mol. The van der Waals surface area contributed by atoms with Crippen LogP contribution in [-0.2, 0) is 11.0 Å². The molecular formula is C24H18F3N3O3S. The minimum Gasteiger partial charge on any atom is -0.334 e. The van der Waals surface area contributed by atoms with Crippen LogP contribution in [0.3, 0.4) is 0 Å². The highest BCUT2D eigenvalue weighted by atomic mass is 32.1. The van der Waals surface area contributed by atoms with Crippen molar-refractivity contribution < 1.29 is 27.6 Å². The summed E-state index contributed by atoms with van der Waals surface area (Å²) < 4.78 is 39.4. The molecule has 1 N–H and O–H groups in total. The van der Waals surface area contributed by atoms with Crippen molar-refractivity contribution in [3.63, 3.8) is 0 Å². The van der Waals surface area contributed by atoms with Gasteiger partial charge in [-0.2, -0.15) is 13.2 Å². The Kier molecular flexibility index (Phi) is 5.40. The Morgan fingerprint density at radius 3 is 2.53 bits per heavy atom. The highest BCUT2D eigenvalue weighted by Gasteiger charge is 2.40. The molecule has 3 heterocycles. The molecule has 6 nitrogen and oxygen atoms in total. The predicted octanol–water partition coefficient (Wildman–Crippen LogP) is 4.35. The number of alkyl halides is 3. The first kappa shape index (κ1) is 22.1. The van der Waals surface area contributed by atoms with Gasteiger partial charge in [-0.05, 0) is 46.8 Å². The minimum atomic E-state index is -4.49. The summed E-state index contributed by atoms with van der Waals surface area (Å²) in [6.07, 6.45) is -4.49. The first-order chi connectivity index (χ1) is 16.2. The number of anilines is 1. The van der Waals surface area contributed by atoms with E-state index in [1.54, 1.807) is 28.5 Å². The molecule has 0 spiro atoms. The fourth-order valence-corrected chi connectivity index (χ4v) is 4.94. The highest BCUT2D eigenvalue weighted by Crippen LogP contribution is 2.34. The van der Waals surface area contributed by atoms with E-state index in [1.165, 1.54) is 40.5 Å². The fraction of sp³-hybridized carbons (Fsp3) is 0.208. The van der Waals surface area contributed by atoms with Gasteiger partial charge in [0.05, 0.1) is 28.2 Å². The van der Waals surface area contributed by atoms with Gasteiger partial charge < -0.3 is 15.1 Å². The van der Waals surface area contributed by atoms with Gasteiger partial charge in [0.25, 0.3) is 11.8 Å². The third-order valence-corrected chi connectivity index (χ3v) is 6.85. The number of carbonyl (C=O) groups is 3. The second kappa shape index (κ2) is 8.28. The predicted molar refractivity (Wildman–Crippen MR) is 121 cm³/mol. The van der Waals surface area contributed by atoms with Crippen LogP contribution in [0.2, 0.25) is 0 Å². The van der Waals surface area contributed by atoms with Gasteiger partial charge in [-0.1, -0.05) is 24.3 Å². The summed E-state index contributed by atoms with van der Waals surface area (Å²) in [6, 6.07) is 12.1. The average Bonchev–Trinajstić information content (AvgIpc) is 3.34. The fourth-order valence-electron chi connectivity index (χ4n) is 4.25. The molecule has 3 aromatic rings. The number of thiophene rings is 1. The Bertz CT molecular complexity index is 1290. The molecule has 5 rings (SSSR count). The van der Waals surface area contributed by atoms with E-state index in [2.05, 4.69) is 5.32 Å². The van der Waals surface area contributed by atoms with Gasteiger partial charge in [-0.25, -0.2) is 0 Å². The maximum absolute atomic E-state index is 13.4. The van der Waals surface area contributed by atoms with Gasteiger partial charge in [0.2, 0.25) is 5.91 Å². The Balaban J connectivity index is 1.44. The molecule has 2 aliphatic heterocycles. The van der Waals surface area contributed by atoms with Crippen LogP contribution in [0.4, 0.5) is 18.9 Å². The zero-order valence-corrected chi connectivity index (χ0v) is 18.4. The number of piperazine rings is 1. The summed E-state index contributed by atoms with van der Waals surface area (Å²) in [5, 5.41) is 4.54. The van der Waals surface area contributed by atoms with Crippen LogP contribution in [0.5, 0.6) is 0 Å². The van der Waals surface area contributed by atoms with Crippen LogP contribution in [0.25, 0.3) is 11.1 Å². The van der Waals surface area contributed by atoms with Crippen molar-refractivity contribution in [1.82, 2.24) is 9.80 Å². The van der Waals surface area contributed by atoms with E-state index >= 15 is 0 Å². The first-order valence-electron chi connectivity index (χ1n) is 10.5. The second-order valence-electron chi connectivity index (χ2n) is 8.07. The number of fused-ring (bicyclic) bond motifs is 2. The zero-order valence-electron chi connectivity index (χ0n) is 17.6.